The topological polar surface area (TPSA) is 61.5 Å². The lowest BCUT2D eigenvalue weighted by atomic mass is 9.95. The zero-order valence-corrected chi connectivity index (χ0v) is 16.6. The molecule has 0 saturated carbocycles. The SMILES string of the molecule is COCCN(CC1CCCN(C2Cc3ccccc3C2)C1)C(=O)c1cnc[nH]1. The number of aromatic nitrogens is 2. The van der Waals surface area contributed by atoms with Crippen molar-refractivity contribution < 1.29 is 9.53 Å². The molecule has 6 nitrogen and oxygen atoms in total. The maximum absolute atomic E-state index is 12.9. The highest BCUT2D eigenvalue weighted by Gasteiger charge is 2.31. The van der Waals surface area contributed by atoms with E-state index >= 15 is 0 Å². The van der Waals surface area contributed by atoms with Crippen LogP contribution in [0.5, 0.6) is 0 Å². The summed E-state index contributed by atoms with van der Waals surface area (Å²) in [5.74, 6) is 0.515. The predicted octanol–water partition coefficient (Wildman–Crippen LogP) is 2.38. The van der Waals surface area contributed by atoms with Crippen LogP contribution < -0.4 is 0 Å². The number of carbonyl (C=O) groups excluding carboxylic acids is 1. The summed E-state index contributed by atoms with van der Waals surface area (Å²) in [6.45, 7) is 4.17. The molecule has 150 valence electrons. The molecule has 4 rings (SSSR count). The van der Waals surface area contributed by atoms with E-state index in [-0.39, 0.29) is 5.91 Å². The van der Waals surface area contributed by atoms with Crippen LogP contribution in [0.4, 0.5) is 0 Å². The summed E-state index contributed by atoms with van der Waals surface area (Å²) in [6.07, 6.45) is 7.85. The van der Waals surface area contributed by atoms with Gasteiger partial charge in [0.05, 0.1) is 19.1 Å². The number of hydrogen-bond acceptors (Lipinski definition) is 4. The number of aromatic amines is 1. The number of benzene rings is 1. The number of hydrogen-bond donors (Lipinski definition) is 1. The van der Waals surface area contributed by atoms with Crippen molar-refractivity contribution in [2.24, 2.45) is 5.92 Å². The highest BCUT2D eigenvalue weighted by molar-refractivity contribution is 5.92. The number of likely N-dealkylation sites (tertiary alicyclic amines) is 1. The van der Waals surface area contributed by atoms with Gasteiger partial charge in [-0.2, -0.15) is 0 Å². The molecule has 2 heterocycles. The average Bonchev–Trinajstić information content (AvgIpc) is 3.40. The van der Waals surface area contributed by atoms with E-state index in [4.69, 9.17) is 4.74 Å². The van der Waals surface area contributed by atoms with Crippen molar-refractivity contribution in [2.75, 3.05) is 39.9 Å². The van der Waals surface area contributed by atoms with Gasteiger partial charge in [-0.3, -0.25) is 9.69 Å². The third-order valence-electron chi connectivity index (χ3n) is 6.16. The maximum atomic E-state index is 12.9. The van der Waals surface area contributed by atoms with Crippen LogP contribution >= 0.6 is 0 Å². The molecular formula is C22H30N4O2. The summed E-state index contributed by atoms with van der Waals surface area (Å²) in [6, 6.07) is 9.44. The van der Waals surface area contributed by atoms with Crippen LogP contribution in [0.15, 0.2) is 36.8 Å². The number of ether oxygens (including phenoxy) is 1. The number of carbonyl (C=O) groups is 1. The fourth-order valence-corrected chi connectivity index (χ4v) is 4.70. The van der Waals surface area contributed by atoms with Crippen molar-refractivity contribution in [1.82, 2.24) is 19.8 Å². The van der Waals surface area contributed by atoms with Crippen molar-refractivity contribution in [1.29, 1.82) is 0 Å². The van der Waals surface area contributed by atoms with Gasteiger partial charge in [-0.05, 0) is 49.3 Å². The summed E-state index contributed by atoms with van der Waals surface area (Å²) in [5, 5.41) is 0. The van der Waals surface area contributed by atoms with E-state index in [0.29, 0.717) is 30.8 Å². The standard InChI is InChI=1S/C22H30N4O2/c1-28-10-9-26(22(27)21-13-23-16-24-21)15-17-5-4-8-25(14-17)20-11-18-6-2-3-7-19(18)12-20/h2-3,6-7,13,16-17,20H,4-5,8-12,14-15H2,1H3,(H,23,24). The van der Waals surface area contributed by atoms with Crippen LogP contribution in [-0.2, 0) is 17.6 Å². The second-order valence-electron chi connectivity index (χ2n) is 8.04. The number of amides is 1. The van der Waals surface area contributed by atoms with Crippen LogP contribution in [0.3, 0.4) is 0 Å². The van der Waals surface area contributed by atoms with Gasteiger partial charge in [0.15, 0.2) is 0 Å². The van der Waals surface area contributed by atoms with Crippen LogP contribution in [0.1, 0.15) is 34.5 Å². The van der Waals surface area contributed by atoms with Gasteiger partial charge in [0, 0.05) is 32.8 Å². The van der Waals surface area contributed by atoms with E-state index in [1.165, 1.54) is 30.5 Å². The first-order chi connectivity index (χ1) is 13.7. The Morgan fingerprint density at radius 1 is 1.32 bits per heavy atom. The molecule has 28 heavy (non-hydrogen) atoms. The quantitative estimate of drug-likeness (QED) is 0.799. The summed E-state index contributed by atoms with van der Waals surface area (Å²) in [5.41, 5.74) is 3.56. The van der Waals surface area contributed by atoms with Gasteiger partial charge >= 0.3 is 0 Å². The van der Waals surface area contributed by atoms with Crippen LogP contribution in [0, 0.1) is 5.92 Å². The van der Waals surface area contributed by atoms with Gasteiger partial charge in [-0.15, -0.1) is 0 Å². The van der Waals surface area contributed by atoms with Gasteiger partial charge in [-0.1, -0.05) is 24.3 Å². The number of piperidine rings is 1. The number of nitrogens with zero attached hydrogens (tertiary/aromatic N) is 3. The number of nitrogens with one attached hydrogen (secondary N) is 1. The van der Waals surface area contributed by atoms with E-state index < -0.39 is 0 Å². The summed E-state index contributed by atoms with van der Waals surface area (Å²) in [7, 11) is 1.68. The van der Waals surface area contributed by atoms with Crippen molar-refractivity contribution in [3.63, 3.8) is 0 Å². The minimum absolute atomic E-state index is 0.0138. The normalized spacial score (nSPS) is 20.2. The molecule has 1 aliphatic carbocycles. The molecule has 1 unspecified atom stereocenters. The van der Waals surface area contributed by atoms with E-state index in [0.717, 1.165) is 25.9 Å². The zero-order valence-electron chi connectivity index (χ0n) is 16.6. The number of H-pyrrole nitrogens is 1. The Kier molecular flexibility index (Phi) is 6.07. The number of fused-ring (bicyclic) bond motifs is 1. The van der Waals surface area contributed by atoms with Crippen molar-refractivity contribution in [3.8, 4) is 0 Å². The van der Waals surface area contributed by atoms with Gasteiger partial charge in [0.2, 0.25) is 0 Å². The minimum Gasteiger partial charge on any atom is -0.383 e. The molecule has 1 fully saturated rings. The maximum Gasteiger partial charge on any atom is 0.272 e. The average molecular weight is 383 g/mol. The summed E-state index contributed by atoms with van der Waals surface area (Å²) >= 11 is 0. The van der Waals surface area contributed by atoms with Gasteiger partial charge in [-0.25, -0.2) is 4.98 Å². The lowest BCUT2D eigenvalue weighted by Crippen LogP contribution is -2.47. The van der Waals surface area contributed by atoms with E-state index in [2.05, 4.69) is 39.1 Å². The Labute approximate surface area is 166 Å². The number of imidazole rings is 1. The molecule has 0 spiro atoms. The Balaban J connectivity index is 1.38. The minimum atomic E-state index is 0.0138. The second kappa shape index (κ2) is 8.88. The lowest BCUT2D eigenvalue weighted by Gasteiger charge is -2.38. The van der Waals surface area contributed by atoms with Crippen LogP contribution in [0.25, 0.3) is 0 Å². The molecule has 6 heteroatoms. The fourth-order valence-electron chi connectivity index (χ4n) is 4.70. The Morgan fingerprint density at radius 2 is 2.11 bits per heavy atom. The van der Waals surface area contributed by atoms with E-state index in [1.807, 2.05) is 4.90 Å². The molecule has 2 aliphatic rings. The molecule has 0 bridgehead atoms. The van der Waals surface area contributed by atoms with Gasteiger partial charge in [0.25, 0.3) is 5.91 Å². The molecule has 1 aromatic carbocycles. The zero-order chi connectivity index (χ0) is 19.3. The van der Waals surface area contributed by atoms with E-state index in [1.54, 1.807) is 19.6 Å². The Morgan fingerprint density at radius 3 is 2.79 bits per heavy atom. The fraction of sp³-hybridized carbons (Fsp3) is 0.545. The molecule has 0 radical (unpaired) electrons. The summed E-state index contributed by atoms with van der Waals surface area (Å²) < 4.78 is 5.24. The number of rotatable bonds is 7. The lowest BCUT2D eigenvalue weighted by molar-refractivity contribution is 0.0569. The molecule has 1 saturated heterocycles. The third-order valence-corrected chi connectivity index (χ3v) is 6.16. The monoisotopic (exact) mass is 382 g/mol. The second-order valence-corrected chi connectivity index (χ2v) is 8.04. The first-order valence-electron chi connectivity index (χ1n) is 10.3. The van der Waals surface area contributed by atoms with Crippen LogP contribution in [-0.4, -0.2) is 71.6 Å². The third kappa shape index (κ3) is 4.28. The number of methoxy groups -OCH3 is 1. The molecule has 1 amide bonds. The smallest absolute Gasteiger partial charge is 0.272 e. The molecule has 1 atom stereocenters. The van der Waals surface area contributed by atoms with Crippen molar-refractivity contribution in [3.05, 3.63) is 53.6 Å². The predicted molar refractivity (Wildman–Crippen MR) is 108 cm³/mol. The molecule has 1 N–H and O–H groups in total. The summed E-state index contributed by atoms with van der Waals surface area (Å²) in [4.78, 5) is 24.4. The molecular weight excluding hydrogens is 352 g/mol. The first kappa shape index (κ1) is 19.2. The van der Waals surface area contributed by atoms with Crippen molar-refractivity contribution in [2.45, 2.75) is 31.7 Å². The Hall–Kier alpha value is -2.18. The highest BCUT2D eigenvalue weighted by atomic mass is 16.5. The highest BCUT2D eigenvalue weighted by Crippen LogP contribution is 2.29. The van der Waals surface area contributed by atoms with Crippen molar-refractivity contribution >= 4 is 5.91 Å². The van der Waals surface area contributed by atoms with Gasteiger partial charge < -0.3 is 14.6 Å². The van der Waals surface area contributed by atoms with E-state index in [9.17, 15) is 4.79 Å². The van der Waals surface area contributed by atoms with Crippen LogP contribution in [0.2, 0.25) is 0 Å². The first-order valence-corrected chi connectivity index (χ1v) is 10.3. The molecule has 1 aliphatic heterocycles. The van der Waals surface area contributed by atoms with Gasteiger partial charge in [0.1, 0.15) is 5.69 Å². The Bertz CT molecular complexity index is 752. The largest absolute Gasteiger partial charge is 0.383 e. The molecule has 2 aromatic rings. The molecule has 1 aromatic heterocycles.